The first kappa shape index (κ1) is 9.85. The smallest absolute Gasteiger partial charge is 0.0158 e. The summed E-state index contributed by atoms with van der Waals surface area (Å²) in [5, 5.41) is 3.72. The van der Waals surface area contributed by atoms with Crippen molar-refractivity contribution in [1.82, 2.24) is 5.32 Å². The Kier molecular flexibility index (Phi) is 2.89. The summed E-state index contributed by atoms with van der Waals surface area (Å²) in [6.45, 7) is 6.03. The molecule has 2 atom stereocenters. The van der Waals surface area contributed by atoms with E-state index < -0.39 is 0 Å². The monoisotopic (exact) mass is 199 g/mol. The van der Waals surface area contributed by atoms with Crippen LogP contribution >= 0.6 is 11.8 Å². The van der Waals surface area contributed by atoms with E-state index in [0.29, 0.717) is 5.41 Å². The number of hydrogen-bond donors (Lipinski definition) is 1. The van der Waals surface area contributed by atoms with Crippen LogP contribution in [0.1, 0.15) is 33.1 Å². The molecule has 2 fully saturated rings. The van der Waals surface area contributed by atoms with Gasteiger partial charge in [-0.15, -0.1) is 0 Å². The van der Waals surface area contributed by atoms with E-state index >= 15 is 0 Å². The summed E-state index contributed by atoms with van der Waals surface area (Å²) in [4.78, 5) is 0. The average molecular weight is 199 g/mol. The summed E-state index contributed by atoms with van der Waals surface area (Å²) in [6, 6.07) is 0.815. The molecule has 0 aromatic rings. The molecule has 1 saturated heterocycles. The molecule has 2 rings (SSSR count). The molecular weight excluding hydrogens is 178 g/mol. The Labute approximate surface area is 86.0 Å². The fourth-order valence-corrected chi connectivity index (χ4v) is 3.24. The highest BCUT2D eigenvalue weighted by Gasteiger charge is 2.45. The topological polar surface area (TPSA) is 12.0 Å². The molecule has 13 heavy (non-hydrogen) atoms. The minimum absolute atomic E-state index is 0.648. The van der Waals surface area contributed by atoms with E-state index in [1.54, 1.807) is 0 Å². The van der Waals surface area contributed by atoms with Crippen LogP contribution in [-0.2, 0) is 0 Å². The first-order chi connectivity index (χ1) is 6.18. The van der Waals surface area contributed by atoms with Gasteiger partial charge in [-0.05, 0) is 42.9 Å². The molecule has 0 radical (unpaired) electrons. The van der Waals surface area contributed by atoms with E-state index in [2.05, 4.69) is 30.9 Å². The Morgan fingerprint density at radius 1 is 1.46 bits per heavy atom. The molecule has 1 aliphatic carbocycles. The number of rotatable bonds is 3. The maximum atomic E-state index is 3.72. The maximum absolute atomic E-state index is 3.72. The molecule has 2 aliphatic rings. The van der Waals surface area contributed by atoms with Crippen molar-refractivity contribution in [3.05, 3.63) is 0 Å². The van der Waals surface area contributed by atoms with Gasteiger partial charge in [-0.3, -0.25) is 0 Å². The molecule has 2 unspecified atom stereocenters. The molecule has 1 heterocycles. The van der Waals surface area contributed by atoms with Crippen molar-refractivity contribution >= 4 is 11.8 Å². The summed E-state index contributed by atoms with van der Waals surface area (Å²) in [5.74, 6) is 3.68. The summed E-state index contributed by atoms with van der Waals surface area (Å²) >= 11 is 2.11. The summed E-state index contributed by atoms with van der Waals surface area (Å²) in [7, 11) is 0. The van der Waals surface area contributed by atoms with Gasteiger partial charge in [0, 0.05) is 11.8 Å². The van der Waals surface area contributed by atoms with Crippen molar-refractivity contribution < 1.29 is 0 Å². The second kappa shape index (κ2) is 3.82. The third-order valence-electron chi connectivity index (χ3n) is 3.53. The van der Waals surface area contributed by atoms with Gasteiger partial charge in [0.1, 0.15) is 0 Å². The number of thioether (sulfide) groups is 1. The van der Waals surface area contributed by atoms with E-state index in [0.717, 1.165) is 12.0 Å². The van der Waals surface area contributed by atoms with Gasteiger partial charge < -0.3 is 5.32 Å². The van der Waals surface area contributed by atoms with E-state index in [9.17, 15) is 0 Å². The Morgan fingerprint density at radius 3 is 2.77 bits per heavy atom. The Bertz CT molecular complexity index is 173. The zero-order chi connectivity index (χ0) is 9.31. The fraction of sp³-hybridized carbons (Fsp3) is 1.00. The van der Waals surface area contributed by atoms with Crippen molar-refractivity contribution in [3.8, 4) is 0 Å². The van der Waals surface area contributed by atoms with Crippen molar-refractivity contribution in [3.63, 3.8) is 0 Å². The van der Waals surface area contributed by atoms with E-state index in [-0.39, 0.29) is 0 Å². The molecule has 0 aromatic heterocycles. The Hall–Kier alpha value is 0.310. The zero-order valence-corrected chi connectivity index (χ0v) is 9.62. The van der Waals surface area contributed by atoms with Crippen molar-refractivity contribution in [1.29, 1.82) is 0 Å². The first-order valence-electron chi connectivity index (χ1n) is 5.49. The van der Waals surface area contributed by atoms with Crippen LogP contribution in [0.3, 0.4) is 0 Å². The second-order valence-corrected chi connectivity index (χ2v) is 6.36. The number of hydrogen-bond acceptors (Lipinski definition) is 2. The molecule has 1 N–H and O–H groups in total. The molecule has 1 nitrogen and oxygen atoms in total. The van der Waals surface area contributed by atoms with Crippen LogP contribution in [0.15, 0.2) is 0 Å². The van der Waals surface area contributed by atoms with E-state index in [1.165, 1.54) is 37.3 Å². The van der Waals surface area contributed by atoms with Gasteiger partial charge in [0.2, 0.25) is 0 Å². The van der Waals surface area contributed by atoms with E-state index in [1.807, 2.05) is 0 Å². The highest BCUT2D eigenvalue weighted by Crippen LogP contribution is 2.51. The molecule has 1 saturated carbocycles. The quantitative estimate of drug-likeness (QED) is 0.749. The van der Waals surface area contributed by atoms with Gasteiger partial charge in [-0.1, -0.05) is 13.8 Å². The van der Waals surface area contributed by atoms with Crippen molar-refractivity contribution in [2.75, 3.05) is 18.1 Å². The molecule has 0 spiro atoms. The third-order valence-corrected chi connectivity index (χ3v) is 4.75. The van der Waals surface area contributed by atoms with Crippen LogP contribution in [0.25, 0.3) is 0 Å². The highest BCUT2D eigenvalue weighted by molar-refractivity contribution is 7.99. The number of nitrogens with one attached hydrogen (secondary N) is 1. The average Bonchev–Trinajstić information content (AvgIpc) is 2.73. The summed E-state index contributed by atoms with van der Waals surface area (Å²) in [6.07, 6.45) is 4.25. The molecule has 0 aromatic carbocycles. The van der Waals surface area contributed by atoms with Gasteiger partial charge in [-0.2, -0.15) is 11.8 Å². The first-order valence-corrected chi connectivity index (χ1v) is 6.65. The largest absolute Gasteiger partial charge is 0.313 e. The van der Waals surface area contributed by atoms with Crippen LogP contribution in [0.4, 0.5) is 0 Å². The third kappa shape index (κ3) is 2.63. The van der Waals surface area contributed by atoms with Crippen LogP contribution < -0.4 is 5.32 Å². The lowest BCUT2D eigenvalue weighted by atomic mass is 10.1. The predicted molar refractivity (Wildman–Crippen MR) is 60.2 cm³/mol. The molecule has 0 bridgehead atoms. The van der Waals surface area contributed by atoms with Gasteiger partial charge in [-0.25, -0.2) is 0 Å². The second-order valence-electron chi connectivity index (χ2n) is 5.21. The summed E-state index contributed by atoms with van der Waals surface area (Å²) < 4.78 is 0. The lowest BCUT2D eigenvalue weighted by molar-refractivity contribution is 0.457. The van der Waals surface area contributed by atoms with Crippen molar-refractivity contribution in [2.45, 2.75) is 39.2 Å². The maximum Gasteiger partial charge on any atom is 0.0158 e. The highest BCUT2D eigenvalue weighted by atomic mass is 32.2. The zero-order valence-electron chi connectivity index (χ0n) is 8.81. The van der Waals surface area contributed by atoms with Gasteiger partial charge >= 0.3 is 0 Å². The van der Waals surface area contributed by atoms with Crippen molar-refractivity contribution in [2.24, 2.45) is 11.3 Å². The van der Waals surface area contributed by atoms with Crippen LogP contribution in [0.2, 0.25) is 0 Å². The minimum Gasteiger partial charge on any atom is -0.313 e. The fourth-order valence-electron chi connectivity index (χ4n) is 2.14. The Morgan fingerprint density at radius 2 is 2.23 bits per heavy atom. The molecule has 0 amide bonds. The van der Waals surface area contributed by atoms with Crippen LogP contribution in [0.5, 0.6) is 0 Å². The SMILES string of the molecule is CC1(C)CC1CNC1CCCSC1. The van der Waals surface area contributed by atoms with Gasteiger partial charge in [0.25, 0.3) is 0 Å². The lowest BCUT2D eigenvalue weighted by Crippen LogP contribution is -2.35. The van der Waals surface area contributed by atoms with Crippen LogP contribution in [-0.4, -0.2) is 24.1 Å². The van der Waals surface area contributed by atoms with Crippen LogP contribution in [0, 0.1) is 11.3 Å². The molecule has 76 valence electrons. The van der Waals surface area contributed by atoms with Gasteiger partial charge in [0.05, 0.1) is 0 Å². The normalized spacial score (nSPS) is 37.4. The molecular formula is C11H21NS. The minimum atomic E-state index is 0.648. The standard InChI is InChI=1S/C11H21NS/c1-11(2)6-9(11)7-12-10-4-3-5-13-8-10/h9-10,12H,3-8H2,1-2H3. The Balaban J connectivity index is 1.62. The van der Waals surface area contributed by atoms with E-state index in [4.69, 9.17) is 0 Å². The lowest BCUT2D eigenvalue weighted by Gasteiger charge is -2.22. The molecule has 1 aliphatic heterocycles. The van der Waals surface area contributed by atoms with Gasteiger partial charge in [0.15, 0.2) is 0 Å². The molecule has 2 heteroatoms. The summed E-state index contributed by atoms with van der Waals surface area (Å²) in [5.41, 5.74) is 0.648. The predicted octanol–water partition coefficient (Wildman–Crippen LogP) is 2.52.